The minimum absolute atomic E-state index is 0.0552. The summed E-state index contributed by atoms with van der Waals surface area (Å²) < 4.78 is 26.3. The lowest BCUT2D eigenvalue weighted by molar-refractivity contribution is -0.140. The Hall–Kier alpha value is -1.65. The van der Waals surface area contributed by atoms with Gasteiger partial charge in [-0.05, 0) is 37.5 Å². The summed E-state index contributed by atoms with van der Waals surface area (Å²) in [6, 6.07) is 7.27. The zero-order valence-corrected chi connectivity index (χ0v) is 12.5. The number of nitrogens with two attached hydrogens (primary N) is 1. The van der Waals surface area contributed by atoms with Crippen molar-refractivity contribution < 1.29 is 13.6 Å². The van der Waals surface area contributed by atoms with E-state index in [-0.39, 0.29) is 43.6 Å². The molecule has 3 nitrogen and oxygen atoms in total. The molecule has 1 fully saturated rings. The molecule has 0 aliphatic heterocycles. The monoisotopic (exact) mass is 296 g/mol. The molecule has 1 unspecified atom stereocenters. The Labute approximate surface area is 124 Å². The Morgan fingerprint density at radius 2 is 2.00 bits per heavy atom. The molecular weight excluding hydrogens is 274 g/mol. The SMILES string of the molecule is CC(c1cccc(N)c1)N(C)C(=O)C1CCC(F)(F)CC1. The second-order valence-corrected chi connectivity index (χ2v) is 5.93. The van der Waals surface area contributed by atoms with Gasteiger partial charge >= 0.3 is 0 Å². The number of carbonyl (C=O) groups excluding carboxylic acids is 1. The Balaban J connectivity index is 2.02. The Kier molecular flexibility index (Phi) is 4.49. The first kappa shape index (κ1) is 15.7. The molecule has 5 heteroatoms. The van der Waals surface area contributed by atoms with E-state index < -0.39 is 5.92 Å². The molecule has 116 valence electrons. The largest absolute Gasteiger partial charge is 0.399 e. The fraction of sp³-hybridized carbons (Fsp3) is 0.562. The number of hydrogen-bond donors (Lipinski definition) is 1. The molecule has 1 aliphatic rings. The summed E-state index contributed by atoms with van der Waals surface area (Å²) in [6.07, 6.45) is 0.146. The number of amides is 1. The number of carbonyl (C=O) groups is 1. The molecule has 1 aliphatic carbocycles. The maximum atomic E-state index is 13.2. The van der Waals surface area contributed by atoms with Crippen LogP contribution in [0.15, 0.2) is 24.3 Å². The van der Waals surface area contributed by atoms with E-state index in [0.29, 0.717) is 5.69 Å². The zero-order chi connectivity index (χ0) is 15.6. The van der Waals surface area contributed by atoms with Crippen LogP contribution >= 0.6 is 0 Å². The van der Waals surface area contributed by atoms with Gasteiger partial charge in [-0.3, -0.25) is 4.79 Å². The van der Waals surface area contributed by atoms with Crippen LogP contribution in [0, 0.1) is 5.92 Å². The average Bonchev–Trinajstić information content (AvgIpc) is 2.45. The number of rotatable bonds is 3. The maximum Gasteiger partial charge on any atom is 0.248 e. The van der Waals surface area contributed by atoms with Crippen molar-refractivity contribution in [1.29, 1.82) is 0 Å². The van der Waals surface area contributed by atoms with Gasteiger partial charge < -0.3 is 10.6 Å². The van der Waals surface area contributed by atoms with E-state index in [1.54, 1.807) is 18.0 Å². The first-order chi connectivity index (χ1) is 9.80. The van der Waals surface area contributed by atoms with E-state index in [1.165, 1.54) is 0 Å². The molecule has 1 aromatic rings. The number of halogens is 2. The van der Waals surface area contributed by atoms with Crippen molar-refractivity contribution in [1.82, 2.24) is 4.90 Å². The summed E-state index contributed by atoms with van der Waals surface area (Å²) >= 11 is 0. The van der Waals surface area contributed by atoms with Gasteiger partial charge in [0.1, 0.15) is 0 Å². The Bertz CT molecular complexity index is 509. The van der Waals surface area contributed by atoms with Gasteiger partial charge in [0.2, 0.25) is 11.8 Å². The molecule has 21 heavy (non-hydrogen) atoms. The van der Waals surface area contributed by atoms with Crippen LogP contribution in [0.5, 0.6) is 0 Å². The summed E-state index contributed by atoms with van der Waals surface area (Å²) in [5.41, 5.74) is 7.36. The lowest BCUT2D eigenvalue weighted by atomic mass is 9.85. The predicted octanol–water partition coefficient (Wildman–Crippen LogP) is 3.61. The number of nitrogens with zero attached hydrogens (tertiary/aromatic N) is 1. The van der Waals surface area contributed by atoms with Crippen LogP contribution in [0.2, 0.25) is 0 Å². The summed E-state index contributed by atoms with van der Waals surface area (Å²) in [4.78, 5) is 14.1. The molecule has 1 atom stereocenters. The van der Waals surface area contributed by atoms with Gasteiger partial charge in [-0.1, -0.05) is 12.1 Å². The van der Waals surface area contributed by atoms with Gasteiger partial charge in [-0.25, -0.2) is 8.78 Å². The fourth-order valence-corrected chi connectivity index (χ4v) is 2.81. The number of benzene rings is 1. The van der Waals surface area contributed by atoms with Crippen molar-refractivity contribution in [3.63, 3.8) is 0 Å². The van der Waals surface area contributed by atoms with Crippen molar-refractivity contribution in [2.24, 2.45) is 5.92 Å². The third-order valence-electron chi connectivity index (χ3n) is 4.39. The molecule has 1 amide bonds. The van der Waals surface area contributed by atoms with Crippen LogP contribution in [0.4, 0.5) is 14.5 Å². The van der Waals surface area contributed by atoms with Gasteiger partial charge in [0, 0.05) is 31.5 Å². The van der Waals surface area contributed by atoms with E-state index in [9.17, 15) is 13.6 Å². The van der Waals surface area contributed by atoms with Crippen LogP contribution in [-0.4, -0.2) is 23.8 Å². The van der Waals surface area contributed by atoms with Crippen LogP contribution in [0.1, 0.15) is 44.2 Å². The number of alkyl halides is 2. The molecule has 0 bridgehead atoms. The molecule has 1 saturated carbocycles. The van der Waals surface area contributed by atoms with E-state index in [2.05, 4.69) is 0 Å². The van der Waals surface area contributed by atoms with Gasteiger partial charge in [-0.15, -0.1) is 0 Å². The van der Waals surface area contributed by atoms with Crippen molar-refractivity contribution in [2.75, 3.05) is 12.8 Å². The molecule has 2 N–H and O–H groups in total. The summed E-state index contributed by atoms with van der Waals surface area (Å²) in [5, 5.41) is 0. The lowest BCUT2D eigenvalue weighted by Crippen LogP contribution is -2.38. The van der Waals surface area contributed by atoms with Crippen molar-refractivity contribution in [2.45, 2.75) is 44.6 Å². The summed E-state index contributed by atoms with van der Waals surface area (Å²) in [5.74, 6) is -2.95. The van der Waals surface area contributed by atoms with Gasteiger partial charge in [-0.2, -0.15) is 0 Å². The van der Waals surface area contributed by atoms with Crippen LogP contribution < -0.4 is 5.73 Å². The molecular formula is C16H22F2N2O. The standard InChI is InChI=1S/C16H22F2N2O/c1-11(13-4-3-5-14(19)10-13)20(2)15(21)12-6-8-16(17,18)9-7-12/h3-5,10-12H,6-9,19H2,1-2H3. The normalized spacial score (nSPS) is 20.0. The van der Waals surface area contributed by atoms with Crippen LogP contribution in [0.25, 0.3) is 0 Å². The minimum atomic E-state index is -2.60. The molecule has 1 aromatic carbocycles. The smallest absolute Gasteiger partial charge is 0.248 e. The molecule has 2 rings (SSSR count). The summed E-state index contributed by atoms with van der Waals surface area (Å²) in [6.45, 7) is 1.92. The first-order valence-electron chi connectivity index (χ1n) is 7.30. The third-order valence-corrected chi connectivity index (χ3v) is 4.39. The third kappa shape index (κ3) is 3.71. The highest BCUT2D eigenvalue weighted by Crippen LogP contribution is 2.37. The van der Waals surface area contributed by atoms with Gasteiger partial charge in [0.05, 0.1) is 6.04 Å². The second-order valence-electron chi connectivity index (χ2n) is 5.93. The van der Waals surface area contributed by atoms with Crippen LogP contribution in [0.3, 0.4) is 0 Å². The highest BCUT2D eigenvalue weighted by molar-refractivity contribution is 5.79. The quantitative estimate of drug-likeness (QED) is 0.866. The first-order valence-corrected chi connectivity index (χ1v) is 7.30. The minimum Gasteiger partial charge on any atom is -0.399 e. The van der Waals surface area contributed by atoms with E-state index in [4.69, 9.17) is 5.73 Å². The van der Waals surface area contributed by atoms with Crippen molar-refractivity contribution in [3.8, 4) is 0 Å². The lowest BCUT2D eigenvalue weighted by Gasteiger charge is -2.33. The van der Waals surface area contributed by atoms with Crippen molar-refractivity contribution >= 4 is 11.6 Å². The van der Waals surface area contributed by atoms with Gasteiger partial charge in [0.25, 0.3) is 0 Å². The van der Waals surface area contributed by atoms with Gasteiger partial charge in [0.15, 0.2) is 0 Å². The molecule has 0 heterocycles. The van der Waals surface area contributed by atoms with E-state index >= 15 is 0 Å². The molecule has 0 aromatic heterocycles. The zero-order valence-electron chi connectivity index (χ0n) is 12.5. The van der Waals surface area contributed by atoms with Crippen LogP contribution in [-0.2, 0) is 4.79 Å². The predicted molar refractivity (Wildman–Crippen MR) is 78.9 cm³/mol. The highest BCUT2D eigenvalue weighted by Gasteiger charge is 2.38. The Morgan fingerprint density at radius 1 is 1.38 bits per heavy atom. The summed E-state index contributed by atoms with van der Waals surface area (Å²) in [7, 11) is 1.73. The van der Waals surface area contributed by atoms with E-state index in [0.717, 1.165) is 5.56 Å². The number of anilines is 1. The number of nitrogen functional groups attached to an aromatic ring is 1. The fourth-order valence-electron chi connectivity index (χ4n) is 2.81. The van der Waals surface area contributed by atoms with E-state index in [1.807, 2.05) is 25.1 Å². The second kappa shape index (κ2) is 6.00. The number of hydrogen-bond acceptors (Lipinski definition) is 2. The molecule has 0 radical (unpaired) electrons. The molecule has 0 spiro atoms. The Morgan fingerprint density at radius 3 is 2.57 bits per heavy atom. The highest BCUT2D eigenvalue weighted by atomic mass is 19.3. The molecule has 0 saturated heterocycles. The van der Waals surface area contributed by atoms with Crippen molar-refractivity contribution in [3.05, 3.63) is 29.8 Å². The maximum absolute atomic E-state index is 13.2. The average molecular weight is 296 g/mol. The topological polar surface area (TPSA) is 46.3 Å².